The van der Waals surface area contributed by atoms with Gasteiger partial charge in [0.25, 0.3) is 5.91 Å². The van der Waals surface area contributed by atoms with Gasteiger partial charge in [0, 0.05) is 6.54 Å². The van der Waals surface area contributed by atoms with E-state index < -0.39 is 0 Å². The van der Waals surface area contributed by atoms with Gasteiger partial charge in [-0.2, -0.15) is 4.68 Å². The largest absolute Gasteiger partial charge is 0.352 e. The number of aromatic nitrogens is 4. The summed E-state index contributed by atoms with van der Waals surface area (Å²) in [6.07, 6.45) is 7.07. The van der Waals surface area contributed by atoms with Gasteiger partial charge in [0.2, 0.25) is 0 Å². The molecular formula is C17H19N5O. The van der Waals surface area contributed by atoms with E-state index in [1.807, 2.05) is 31.2 Å². The third kappa shape index (κ3) is 2.54. The van der Waals surface area contributed by atoms with E-state index >= 15 is 0 Å². The lowest BCUT2D eigenvalue weighted by Crippen LogP contribution is -2.31. The lowest BCUT2D eigenvalue weighted by molar-refractivity contribution is 0.0945. The number of carbonyl (C=O) groups excluding carboxylic acids is 1. The highest BCUT2D eigenvalue weighted by atomic mass is 16.1. The SMILES string of the molecule is Cc1nnnn1-c1ccccc1C(=O)NC[C@H]1C[C@H]2C=C[C@H]1C2. The second-order valence-corrected chi connectivity index (χ2v) is 6.41. The molecule has 1 amide bonds. The van der Waals surface area contributed by atoms with Crippen LogP contribution in [0.5, 0.6) is 0 Å². The Morgan fingerprint density at radius 1 is 1.30 bits per heavy atom. The molecule has 118 valence electrons. The highest BCUT2D eigenvalue weighted by Crippen LogP contribution is 2.42. The molecule has 2 aromatic rings. The Kier molecular flexibility index (Phi) is 3.44. The average Bonchev–Trinajstić information content (AvgIpc) is 3.29. The Balaban J connectivity index is 1.51. The van der Waals surface area contributed by atoms with Crippen molar-refractivity contribution in [1.29, 1.82) is 0 Å². The molecule has 1 aromatic heterocycles. The Morgan fingerprint density at radius 2 is 2.17 bits per heavy atom. The molecule has 6 nitrogen and oxygen atoms in total. The molecule has 0 unspecified atom stereocenters. The summed E-state index contributed by atoms with van der Waals surface area (Å²) >= 11 is 0. The van der Waals surface area contributed by atoms with Crippen LogP contribution in [0.3, 0.4) is 0 Å². The molecule has 2 aliphatic carbocycles. The zero-order valence-corrected chi connectivity index (χ0v) is 13.0. The predicted octanol–water partition coefficient (Wildman–Crippen LogP) is 1.91. The summed E-state index contributed by atoms with van der Waals surface area (Å²) in [4.78, 5) is 12.6. The van der Waals surface area contributed by atoms with Crippen molar-refractivity contribution < 1.29 is 4.79 Å². The number of hydrogen-bond donors (Lipinski definition) is 1. The lowest BCUT2D eigenvalue weighted by atomic mass is 9.93. The number of nitrogens with zero attached hydrogens (tertiary/aromatic N) is 4. The van der Waals surface area contributed by atoms with Crippen LogP contribution in [-0.4, -0.2) is 32.7 Å². The minimum Gasteiger partial charge on any atom is -0.352 e. The van der Waals surface area contributed by atoms with Gasteiger partial charge >= 0.3 is 0 Å². The molecule has 3 atom stereocenters. The predicted molar refractivity (Wildman–Crippen MR) is 85.1 cm³/mol. The number of aryl methyl sites for hydroxylation is 1. The zero-order chi connectivity index (χ0) is 15.8. The third-order valence-electron chi connectivity index (χ3n) is 4.94. The minimum atomic E-state index is -0.0674. The number of allylic oxidation sites excluding steroid dienone is 2. The van der Waals surface area contributed by atoms with Crippen molar-refractivity contribution in [2.24, 2.45) is 17.8 Å². The summed E-state index contributed by atoms with van der Waals surface area (Å²) in [5.74, 6) is 2.51. The Morgan fingerprint density at radius 3 is 2.87 bits per heavy atom. The van der Waals surface area contributed by atoms with Crippen molar-refractivity contribution in [1.82, 2.24) is 25.5 Å². The quantitative estimate of drug-likeness (QED) is 0.876. The molecule has 1 N–H and O–H groups in total. The number of nitrogens with one attached hydrogen (secondary N) is 1. The Bertz CT molecular complexity index is 766. The van der Waals surface area contributed by atoms with E-state index in [4.69, 9.17) is 0 Å². The van der Waals surface area contributed by atoms with Gasteiger partial charge in [0.05, 0.1) is 11.3 Å². The van der Waals surface area contributed by atoms with Crippen LogP contribution in [0.15, 0.2) is 36.4 Å². The van der Waals surface area contributed by atoms with E-state index in [9.17, 15) is 4.79 Å². The van der Waals surface area contributed by atoms with E-state index in [1.165, 1.54) is 12.8 Å². The number of fused-ring (bicyclic) bond motifs is 2. The Labute approximate surface area is 134 Å². The van der Waals surface area contributed by atoms with Crippen molar-refractivity contribution in [3.8, 4) is 5.69 Å². The molecule has 0 aliphatic heterocycles. The number of para-hydroxylation sites is 1. The van der Waals surface area contributed by atoms with Gasteiger partial charge in [-0.15, -0.1) is 5.10 Å². The van der Waals surface area contributed by atoms with Gasteiger partial charge in [-0.05, 0) is 60.1 Å². The van der Waals surface area contributed by atoms with Gasteiger partial charge in [-0.1, -0.05) is 24.3 Å². The number of hydrogen-bond acceptors (Lipinski definition) is 4. The van der Waals surface area contributed by atoms with Crippen LogP contribution in [0, 0.1) is 24.7 Å². The van der Waals surface area contributed by atoms with Gasteiger partial charge < -0.3 is 5.32 Å². The van der Waals surface area contributed by atoms with Crippen LogP contribution in [-0.2, 0) is 0 Å². The molecule has 23 heavy (non-hydrogen) atoms. The molecule has 1 aromatic carbocycles. The summed E-state index contributed by atoms with van der Waals surface area (Å²) in [6, 6.07) is 7.41. The fourth-order valence-electron chi connectivity index (χ4n) is 3.75. The number of carbonyl (C=O) groups is 1. The molecule has 1 heterocycles. The minimum absolute atomic E-state index is 0.0674. The summed E-state index contributed by atoms with van der Waals surface area (Å²) in [5, 5.41) is 14.6. The number of tetrazole rings is 1. The topological polar surface area (TPSA) is 72.7 Å². The van der Waals surface area contributed by atoms with Crippen LogP contribution in [0.25, 0.3) is 5.69 Å². The van der Waals surface area contributed by atoms with E-state index in [2.05, 4.69) is 33.0 Å². The molecule has 0 spiro atoms. The van der Waals surface area contributed by atoms with Crippen molar-refractivity contribution in [3.05, 3.63) is 47.8 Å². The van der Waals surface area contributed by atoms with Crippen molar-refractivity contribution in [2.75, 3.05) is 6.54 Å². The van der Waals surface area contributed by atoms with Crippen molar-refractivity contribution in [3.63, 3.8) is 0 Å². The molecule has 1 fully saturated rings. The summed E-state index contributed by atoms with van der Waals surface area (Å²) in [7, 11) is 0. The standard InChI is InChI=1S/C17H19N5O/c1-11-19-20-21-22(11)16-5-3-2-4-15(16)17(23)18-10-14-9-12-6-7-13(14)8-12/h2-7,12-14H,8-10H2,1H3,(H,18,23)/t12-,13-,14+/m0/s1. The van der Waals surface area contributed by atoms with Gasteiger partial charge in [-0.3, -0.25) is 4.79 Å². The molecule has 2 bridgehead atoms. The first-order valence-electron chi connectivity index (χ1n) is 8.03. The number of rotatable bonds is 4. The van der Waals surface area contributed by atoms with Crippen LogP contribution in [0.4, 0.5) is 0 Å². The monoisotopic (exact) mass is 309 g/mol. The normalized spacial score (nSPS) is 25.0. The maximum absolute atomic E-state index is 12.6. The molecular weight excluding hydrogens is 290 g/mol. The third-order valence-corrected chi connectivity index (χ3v) is 4.94. The molecule has 6 heteroatoms. The first-order valence-corrected chi connectivity index (χ1v) is 8.03. The second-order valence-electron chi connectivity index (χ2n) is 6.41. The van der Waals surface area contributed by atoms with Crippen molar-refractivity contribution >= 4 is 5.91 Å². The van der Waals surface area contributed by atoms with Gasteiger partial charge in [0.15, 0.2) is 5.82 Å². The maximum Gasteiger partial charge on any atom is 0.253 e. The number of benzene rings is 1. The highest BCUT2D eigenvalue weighted by molar-refractivity contribution is 5.97. The van der Waals surface area contributed by atoms with Gasteiger partial charge in [0.1, 0.15) is 0 Å². The lowest BCUT2D eigenvalue weighted by Gasteiger charge is -2.19. The van der Waals surface area contributed by atoms with Crippen LogP contribution < -0.4 is 5.32 Å². The van der Waals surface area contributed by atoms with Crippen LogP contribution >= 0.6 is 0 Å². The van der Waals surface area contributed by atoms with E-state index in [0.717, 1.165) is 12.5 Å². The fourth-order valence-corrected chi connectivity index (χ4v) is 3.75. The molecule has 2 aliphatic rings. The Hall–Kier alpha value is -2.50. The smallest absolute Gasteiger partial charge is 0.253 e. The van der Waals surface area contributed by atoms with E-state index in [1.54, 1.807) is 4.68 Å². The van der Waals surface area contributed by atoms with E-state index in [0.29, 0.717) is 28.9 Å². The summed E-state index contributed by atoms with van der Waals surface area (Å²) in [5.41, 5.74) is 1.31. The first kappa shape index (κ1) is 14.1. The second kappa shape index (κ2) is 5.61. The van der Waals surface area contributed by atoms with Crippen LogP contribution in [0.2, 0.25) is 0 Å². The molecule has 0 radical (unpaired) electrons. The summed E-state index contributed by atoms with van der Waals surface area (Å²) in [6.45, 7) is 2.55. The van der Waals surface area contributed by atoms with E-state index in [-0.39, 0.29) is 5.91 Å². The zero-order valence-electron chi connectivity index (χ0n) is 13.0. The van der Waals surface area contributed by atoms with Gasteiger partial charge in [-0.25, -0.2) is 0 Å². The number of amides is 1. The highest BCUT2D eigenvalue weighted by Gasteiger charge is 2.35. The average molecular weight is 309 g/mol. The molecule has 4 rings (SSSR count). The van der Waals surface area contributed by atoms with Crippen molar-refractivity contribution in [2.45, 2.75) is 19.8 Å². The maximum atomic E-state index is 12.6. The fraction of sp³-hybridized carbons (Fsp3) is 0.412. The molecule has 1 saturated carbocycles. The van der Waals surface area contributed by atoms with Crippen LogP contribution in [0.1, 0.15) is 29.0 Å². The first-order chi connectivity index (χ1) is 11.2. The summed E-state index contributed by atoms with van der Waals surface area (Å²) < 4.78 is 1.59. The molecule has 0 saturated heterocycles.